The molecule has 0 radical (unpaired) electrons. The fourth-order valence-electron chi connectivity index (χ4n) is 3.70. The van der Waals surface area contributed by atoms with Crippen molar-refractivity contribution < 1.29 is 23.1 Å². The molecule has 148 valence electrons. The molecule has 0 unspecified atom stereocenters. The van der Waals surface area contributed by atoms with Gasteiger partial charge in [-0.25, -0.2) is 8.78 Å². The van der Waals surface area contributed by atoms with Crippen molar-refractivity contribution in [2.75, 3.05) is 13.7 Å². The Hall–Kier alpha value is -2.76. The lowest BCUT2D eigenvalue weighted by Crippen LogP contribution is -2.38. The van der Waals surface area contributed by atoms with E-state index in [0.29, 0.717) is 24.0 Å². The van der Waals surface area contributed by atoms with Crippen LogP contribution in [0.1, 0.15) is 36.8 Å². The van der Waals surface area contributed by atoms with Crippen molar-refractivity contribution in [3.63, 3.8) is 0 Å². The van der Waals surface area contributed by atoms with Crippen molar-refractivity contribution in [2.45, 2.75) is 37.6 Å². The minimum atomic E-state index is -0.835. The Labute approximate surface area is 163 Å². The lowest BCUT2D eigenvalue weighted by molar-refractivity contribution is -0.156. The van der Waals surface area contributed by atoms with Crippen molar-refractivity contribution in [1.29, 1.82) is 0 Å². The molecule has 0 aliphatic heterocycles. The molecule has 6 heteroatoms. The van der Waals surface area contributed by atoms with Gasteiger partial charge >= 0.3 is 5.97 Å². The third kappa shape index (κ3) is 4.21. The van der Waals surface area contributed by atoms with Crippen LogP contribution in [0.3, 0.4) is 0 Å². The largest absolute Gasteiger partial charge is 0.455 e. The molecule has 0 saturated heterocycles. The summed E-state index contributed by atoms with van der Waals surface area (Å²) < 4.78 is 32.4. The van der Waals surface area contributed by atoms with Gasteiger partial charge in [0.2, 0.25) is 0 Å². The van der Waals surface area contributed by atoms with Gasteiger partial charge in [0.15, 0.2) is 6.61 Å². The molecule has 4 nitrogen and oxygen atoms in total. The normalized spacial score (nSPS) is 15.2. The fraction of sp³-hybridized carbons (Fsp3) is 0.364. The van der Waals surface area contributed by atoms with Crippen LogP contribution in [0.15, 0.2) is 48.5 Å². The van der Waals surface area contributed by atoms with Crippen LogP contribution in [0.5, 0.6) is 0 Å². The molecular formula is C22H23F2NO3. The van der Waals surface area contributed by atoms with Crippen molar-refractivity contribution in [2.24, 2.45) is 0 Å². The summed E-state index contributed by atoms with van der Waals surface area (Å²) in [4.78, 5) is 26.5. The summed E-state index contributed by atoms with van der Waals surface area (Å²) in [5.41, 5.74) is 0.268. The Balaban J connectivity index is 1.63. The van der Waals surface area contributed by atoms with Crippen molar-refractivity contribution in [1.82, 2.24) is 4.90 Å². The number of hydrogen-bond donors (Lipinski definition) is 0. The van der Waals surface area contributed by atoms with Gasteiger partial charge in [0.1, 0.15) is 11.6 Å². The number of carbonyl (C=O) groups excluding carboxylic acids is 2. The van der Waals surface area contributed by atoms with Gasteiger partial charge in [-0.15, -0.1) is 0 Å². The summed E-state index contributed by atoms with van der Waals surface area (Å²) in [6.07, 6.45) is 2.95. The second-order valence-corrected chi connectivity index (χ2v) is 7.21. The molecule has 0 spiro atoms. The molecule has 28 heavy (non-hydrogen) atoms. The zero-order valence-corrected chi connectivity index (χ0v) is 15.8. The number of ether oxygens (including phenoxy) is 1. The molecule has 1 aliphatic carbocycles. The number of rotatable bonds is 6. The maximum Gasteiger partial charge on any atom is 0.317 e. The Morgan fingerprint density at radius 2 is 1.68 bits per heavy atom. The second kappa shape index (κ2) is 8.50. The molecule has 1 amide bonds. The predicted octanol–water partition coefficient (Wildman–Crippen LogP) is 3.98. The first-order chi connectivity index (χ1) is 13.4. The van der Waals surface area contributed by atoms with Crippen LogP contribution in [-0.4, -0.2) is 30.4 Å². The lowest BCUT2D eigenvalue weighted by Gasteiger charge is -2.27. The molecule has 1 fully saturated rings. The van der Waals surface area contributed by atoms with E-state index in [4.69, 9.17) is 4.74 Å². The van der Waals surface area contributed by atoms with Crippen LogP contribution in [0.25, 0.3) is 0 Å². The molecule has 0 heterocycles. The summed E-state index contributed by atoms with van der Waals surface area (Å²) in [5.74, 6) is -1.64. The highest BCUT2D eigenvalue weighted by Gasteiger charge is 2.44. The molecule has 0 atom stereocenters. The zero-order valence-electron chi connectivity index (χ0n) is 15.8. The molecule has 1 aliphatic rings. The van der Waals surface area contributed by atoms with Gasteiger partial charge in [-0.3, -0.25) is 9.59 Å². The van der Waals surface area contributed by atoms with Crippen molar-refractivity contribution in [3.8, 4) is 0 Å². The van der Waals surface area contributed by atoms with Gasteiger partial charge in [0.05, 0.1) is 5.41 Å². The zero-order chi connectivity index (χ0) is 20.1. The third-order valence-electron chi connectivity index (χ3n) is 5.36. The molecule has 1 saturated carbocycles. The first-order valence-corrected chi connectivity index (χ1v) is 9.33. The Bertz CT molecular complexity index is 845. The lowest BCUT2D eigenvalue weighted by atomic mass is 9.79. The standard InChI is InChI=1S/C22H23F2NO3/c1-25(14-16-6-2-3-7-19(16)24)20(26)15-28-21(27)22(12-4-5-13-22)17-8-10-18(23)11-9-17/h2-3,6-11H,4-5,12-15H2,1H3. The molecule has 0 N–H and O–H groups in total. The van der Waals surface area contributed by atoms with Crippen LogP contribution in [0.2, 0.25) is 0 Å². The predicted molar refractivity (Wildman–Crippen MR) is 100 cm³/mol. The van der Waals surface area contributed by atoms with E-state index in [-0.39, 0.29) is 18.2 Å². The van der Waals surface area contributed by atoms with Crippen LogP contribution < -0.4 is 0 Å². The Morgan fingerprint density at radius 3 is 2.32 bits per heavy atom. The number of halogens is 2. The summed E-state index contributed by atoms with van der Waals surface area (Å²) in [6.45, 7) is -0.321. The number of nitrogens with zero attached hydrogens (tertiary/aromatic N) is 1. The topological polar surface area (TPSA) is 46.6 Å². The summed E-state index contributed by atoms with van der Waals surface area (Å²) in [7, 11) is 1.54. The minimum absolute atomic E-state index is 0.0894. The van der Waals surface area contributed by atoms with E-state index >= 15 is 0 Å². The first kappa shape index (κ1) is 20.0. The maximum atomic E-state index is 13.7. The van der Waals surface area contributed by atoms with Gasteiger partial charge in [-0.05, 0) is 36.6 Å². The van der Waals surface area contributed by atoms with Gasteiger partial charge in [0.25, 0.3) is 5.91 Å². The molecule has 0 aromatic heterocycles. The van der Waals surface area contributed by atoms with Crippen LogP contribution in [0.4, 0.5) is 8.78 Å². The Morgan fingerprint density at radius 1 is 1.04 bits per heavy atom. The smallest absolute Gasteiger partial charge is 0.317 e. The molecular weight excluding hydrogens is 364 g/mol. The van der Waals surface area contributed by atoms with E-state index < -0.39 is 23.9 Å². The number of benzene rings is 2. The summed E-state index contributed by atoms with van der Waals surface area (Å²) in [6, 6.07) is 12.1. The highest BCUT2D eigenvalue weighted by Crippen LogP contribution is 2.42. The van der Waals surface area contributed by atoms with Crippen molar-refractivity contribution >= 4 is 11.9 Å². The van der Waals surface area contributed by atoms with E-state index in [9.17, 15) is 18.4 Å². The van der Waals surface area contributed by atoms with Gasteiger partial charge in [0, 0.05) is 19.2 Å². The highest BCUT2D eigenvalue weighted by molar-refractivity contribution is 5.86. The average molecular weight is 387 g/mol. The molecule has 3 rings (SSSR count). The SMILES string of the molecule is CN(Cc1ccccc1F)C(=O)COC(=O)C1(c2ccc(F)cc2)CCCC1. The monoisotopic (exact) mass is 387 g/mol. The average Bonchev–Trinajstić information content (AvgIpc) is 3.19. The second-order valence-electron chi connectivity index (χ2n) is 7.21. The van der Waals surface area contributed by atoms with Crippen LogP contribution in [-0.2, 0) is 26.3 Å². The number of hydrogen-bond acceptors (Lipinski definition) is 3. The molecule has 0 bridgehead atoms. The number of likely N-dealkylation sites (N-methyl/N-ethyl adjacent to an activating group) is 1. The number of carbonyl (C=O) groups is 2. The van der Waals surface area contributed by atoms with E-state index in [1.807, 2.05) is 0 Å². The van der Waals surface area contributed by atoms with Crippen LogP contribution in [0, 0.1) is 11.6 Å². The van der Waals surface area contributed by atoms with Gasteiger partial charge in [-0.2, -0.15) is 0 Å². The maximum absolute atomic E-state index is 13.7. The van der Waals surface area contributed by atoms with Gasteiger partial charge < -0.3 is 9.64 Å². The summed E-state index contributed by atoms with van der Waals surface area (Å²) >= 11 is 0. The first-order valence-electron chi connectivity index (χ1n) is 9.33. The van der Waals surface area contributed by atoms with Crippen molar-refractivity contribution in [3.05, 3.63) is 71.3 Å². The highest BCUT2D eigenvalue weighted by atomic mass is 19.1. The summed E-state index contributed by atoms with van der Waals surface area (Å²) in [5, 5.41) is 0. The molecule has 2 aromatic carbocycles. The quantitative estimate of drug-likeness (QED) is 0.705. The minimum Gasteiger partial charge on any atom is -0.455 e. The van der Waals surface area contributed by atoms with E-state index in [0.717, 1.165) is 12.8 Å². The Kier molecular flexibility index (Phi) is 6.07. The van der Waals surface area contributed by atoms with E-state index in [2.05, 4.69) is 0 Å². The number of esters is 1. The van der Waals surface area contributed by atoms with E-state index in [1.165, 1.54) is 30.1 Å². The fourth-order valence-corrected chi connectivity index (χ4v) is 3.70. The number of amides is 1. The van der Waals surface area contributed by atoms with E-state index in [1.54, 1.807) is 30.3 Å². The van der Waals surface area contributed by atoms with Crippen LogP contribution >= 0.6 is 0 Å². The van der Waals surface area contributed by atoms with Gasteiger partial charge in [-0.1, -0.05) is 43.2 Å². The third-order valence-corrected chi connectivity index (χ3v) is 5.36. The molecule has 2 aromatic rings.